The zero-order chi connectivity index (χ0) is 20.1. The summed E-state index contributed by atoms with van der Waals surface area (Å²) in [5.41, 5.74) is 3.00. The molecule has 0 saturated carbocycles. The van der Waals surface area contributed by atoms with Gasteiger partial charge >= 0.3 is 6.09 Å². The van der Waals surface area contributed by atoms with Crippen molar-refractivity contribution < 1.29 is 28.5 Å². The number of benzene rings is 2. The van der Waals surface area contributed by atoms with Gasteiger partial charge in [0, 0.05) is 0 Å². The number of methoxy groups -OCH3 is 2. The molecular weight excluding hydrogens is 442 g/mol. The number of hydrogen-bond donors (Lipinski definition) is 0. The highest BCUT2D eigenvalue weighted by Crippen LogP contribution is 2.47. The maximum Gasteiger partial charge on any atom is 0.411 e. The van der Waals surface area contributed by atoms with Crippen molar-refractivity contribution in [3.63, 3.8) is 0 Å². The van der Waals surface area contributed by atoms with Crippen LogP contribution >= 0.6 is 15.9 Å². The zero-order valence-electron chi connectivity index (χ0n) is 16.1. The summed E-state index contributed by atoms with van der Waals surface area (Å²) in [7, 11) is 3.21. The molecular formula is C21H20BrNO6. The predicted octanol–water partition coefficient (Wildman–Crippen LogP) is 3.70. The molecule has 0 unspecified atom stereocenters. The van der Waals surface area contributed by atoms with Crippen molar-refractivity contribution in [1.29, 1.82) is 0 Å². The van der Waals surface area contributed by atoms with Crippen LogP contribution in [0.4, 0.5) is 4.79 Å². The monoisotopic (exact) mass is 461 g/mol. The van der Waals surface area contributed by atoms with E-state index in [4.69, 9.17) is 23.7 Å². The molecule has 3 heterocycles. The second-order valence-corrected chi connectivity index (χ2v) is 7.97. The minimum absolute atomic E-state index is 0.0387. The lowest BCUT2D eigenvalue weighted by molar-refractivity contribution is 0.146. The van der Waals surface area contributed by atoms with Crippen molar-refractivity contribution in [3.05, 3.63) is 45.4 Å². The number of carbonyl (C=O) groups excluding carboxylic acids is 1. The standard InChI is InChI=1S/C21H20BrNO6/c1-25-17-7-12(8-18(26-2)19(17)22)20-14-9-16-15(27-3-4-28-16)6-11(14)5-13-10-29-21(24)23(13)20/h6-9,13,20H,3-5,10H2,1-2H3/t13-,20+/m0/s1. The van der Waals surface area contributed by atoms with Gasteiger partial charge in [0.15, 0.2) is 11.5 Å². The number of cyclic esters (lactones) is 1. The van der Waals surface area contributed by atoms with Crippen molar-refractivity contribution in [1.82, 2.24) is 4.90 Å². The first-order valence-electron chi connectivity index (χ1n) is 9.39. The van der Waals surface area contributed by atoms with Gasteiger partial charge in [0.05, 0.1) is 26.3 Å². The Morgan fingerprint density at radius 3 is 2.31 bits per heavy atom. The van der Waals surface area contributed by atoms with E-state index >= 15 is 0 Å². The third kappa shape index (κ3) is 2.88. The van der Waals surface area contributed by atoms with Gasteiger partial charge in [0.1, 0.15) is 35.8 Å². The normalized spacial score (nSPS) is 21.9. The number of amides is 1. The average molecular weight is 462 g/mol. The number of halogens is 1. The number of fused-ring (bicyclic) bond motifs is 3. The summed E-state index contributed by atoms with van der Waals surface area (Å²) in [6.45, 7) is 1.41. The molecule has 3 aliphatic rings. The quantitative estimate of drug-likeness (QED) is 0.693. The van der Waals surface area contributed by atoms with Crippen LogP contribution in [0.5, 0.6) is 23.0 Å². The molecule has 152 valence electrons. The van der Waals surface area contributed by atoms with Crippen molar-refractivity contribution in [3.8, 4) is 23.0 Å². The molecule has 0 spiro atoms. The fraction of sp³-hybridized carbons (Fsp3) is 0.381. The Bertz CT molecular complexity index is 968. The molecule has 0 radical (unpaired) electrons. The fourth-order valence-corrected chi connectivity index (χ4v) is 4.87. The lowest BCUT2D eigenvalue weighted by Crippen LogP contribution is -2.43. The summed E-state index contributed by atoms with van der Waals surface area (Å²) in [6, 6.07) is 7.48. The third-order valence-electron chi connectivity index (χ3n) is 5.62. The fourth-order valence-electron chi connectivity index (χ4n) is 4.31. The molecule has 1 fully saturated rings. The van der Waals surface area contributed by atoms with Crippen molar-refractivity contribution in [2.45, 2.75) is 18.5 Å². The Kier molecular flexibility index (Phi) is 4.46. The van der Waals surface area contributed by atoms with E-state index in [-0.39, 0.29) is 18.2 Å². The SMILES string of the molecule is COc1cc([C@@H]2c3cc4c(cc3C[C@H]3COC(=O)N32)OCCO4)cc(OC)c1Br. The van der Waals surface area contributed by atoms with Gasteiger partial charge in [-0.2, -0.15) is 0 Å². The second kappa shape index (κ2) is 7.02. The van der Waals surface area contributed by atoms with Gasteiger partial charge < -0.3 is 23.7 Å². The smallest absolute Gasteiger partial charge is 0.411 e. The van der Waals surface area contributed by atoms with Crippen LogP contribution in [-0.2, 0) is 11.2 Å². The zero-order valence-corrected chi connectivity index (χ0v) is 17.7. The first-order valence-corrected chi connectivity index (χ1v) is 10.2. The number of carbonyl (C=O) groups is 1. The predicted molar refractivity (Wildman–Crippen MR) is 107 cm³/mol. The van der Waals surface area contributed by atoms with Gasteiger partial charge in [-0.1, -0.05) is 0 Å². The van der Waals surface area contributed by atoms with Crippen LogP contribution in [-0.4, -0.2) is 51.1 Å². The van der Waals surface area contributed by atoms with Crippen LogP contribution in [0.15, 0.2) is 28.7 Å². The van der Waals surface area contributed by atoms with Gasteiger partial charge in [-0.25, -0.2) is 4.79 Å². The lowest BCUT2D eigenvalue weighted by Gasteiger charge is -2.38. The van der Waals surface area contributed by atoms with Gasteiger partial charge in [0.2, 0.25) is 0 Å². The minimum atomic E-state index is -0.342. The molecule has 0 N–H and O–H groups in total. The number of rotatable bonds is 3. The van der Waals surface area contributed by atoms with E-state index in [0.29, 0.717) is 43.5 Å². The molecule has 2 aromatic rings. The summed E-state index contributed by atoms with van der Waals surface area (Å²) >= 11 is 3.52. The highest BCUT2D eigenvalue weighted by Gasteiger charge is 2.45. The molecule has 1 amide bonds. The molecule has 8 heteroatoms. The molecule has 0 bridgehead atoms. The summed E-state index contributed by atoms with van der Waals surface area (Å²) in [6.07, 6.45) is 0.389. The highest BCUT2D eigenvalue weighted by molar-refractivity contribution is 9.10. The summed E-state index contributed by atoms with van der Waals surface area (Å²) in [5, 5.41) is 0. The van der Waals surface area contributed by atoms with E-state index in [1.807, 2.05) is 24.3 Å². The summed E-state index contributed by atoms with van der Waals surface area (Å²) < 4.78 is 28.8. The number of hydrogen-bond acceptors (Lipinski definition) is 6. The molecule has 2 aromatic carbocycles. The third-order valence-corrected chi connectivity index (χ3v) is 6.40. The molecule has 0 aromatic heterocycles. The van der Waals surface area contributed by atoms with Gasteiger partial charge in [-0.3, -0.25) is 4.90 Å². The van der Waals surface area contributed by atoms with Crippen LogP contribution < -0.4 is 18.9 Å². The van der Waals surface area contributed by atoms with Gasteiger partial charge in [-0.15, -0.1) is 0 Å². The van der Waals surface area contributed by atoms with Gasteiger partial charge in [0.25, 0.3) is 0 Å². The van der Waals surface area contributed by atoms with E-state index in [2.05, 4.69) is 15.9 Å². The topological polar surface area (TPSA) is 66.5 Å². The van der Waals surface area contributed by atoms with Crippen molar-refractivity contribution >= 4 is 22.0 Å². The van der Waals surface area contributed by atoms with Crippen molar-refractivity contribution in [2.24, 2.45) is 0 Å². The average Bonchev–Trinajstić information content (AvgIpc) is 3.11. The number of nitrogens with zero attached hydrogens (tertiary/aromatic N) is 1. The van der Waals surface area contributed by atoms with E-state index in [0.717, 1.165) is 26.9 Å². The Morgan fingerprint density at radius 2 is 1.66 bits per heavy atom. The van der Waals surface area contributed by atoms with E-state index in [1.165, 1.54) is 0 Å². The van der Waals surface area contributed by atoms with E-state index in [1.54, 1.807) is 19.1 Å². The maximum atomic E-state index is 12.6. The first kappa shape index (κ1) is 18.4. The Hall–Kier alpha value is -2.61. The Morgan fingerprint density at radius 1 is 1.00 bits per heavy atom. The van der Waals surface area contributed by atoms with Crippen LogP contribution in [0.25, 0.3) is 0 Å². The van der Waals surface area contributed by atoms with Gasteiger partial charge in [-0.05, 0) is 63.3 Å². The minimum Gasteiger partial charge on any atom is -0.495 e. The summed E-state index contributed by atoms with van der Waals surface area (Å²) in [4.78, 5) is 14.4. The second-order valence-electron chi connectivity index (χ2n) is 7.18. The van der Waals surface area contributed by atoms with Crippen LogP contribution in [0.3, 0.4) is 0 Å². The van der Waals surface area contributed by atoms with Crippen LogP contribution in [0, 0.1) is 0 Å². The largest absolute Gasteiger partial charge is 0.495 e. The molecule has 0 aliphatic carbocycles. The van der Waals surface area contributed by atoms with Crippen LogP contribution in [0.1, 0.15) is 22.7 Å². The molecule has 2 atom stereocenters. The first-order chi connectivity index (χ1) is 14.1. The molecule has 5 rings (SSSR count). The van der Waals surface area contributed by atoms with Crippen LogP contribution in [0.2, 0.25) is 0 Å². The van der Waals surface area contributed by atoms with E-state index < -0.39 is 0 Å². The molecule has 3 aliphatic heterocycles. The molecule has 1 saturated heterocycles. The lowest BCUT2D eigenvalue weighted by atomic mass is 9.85. The van der Waals surface area contributed by atoms with E-state index in [9.17, 15) is 4.79 Å². The highest BCUT2D eigenvalue weighted by atomic mass is 79.9. The Labute approximate surface area is 176 Å². The molecule has 7 nitrogen and oxygen atoms in total. The number of ether oxygens (including phenoxy) is 5. The maximum absolute atomic E-state index is 12.6. The summed E-state index contributed by atoms with van der Waals surface area (Å²) in [5.74, 6) is 2.71. The van der Waals surface area contributed by atoms with Crippen molar-refractivity contribution in [2.75, 3.05) is 34.0 Å². The molecule has 29 heavy (non-hydrogen) atoms. The Balaban J connectivity index is 1.71.